The lowest BCUT2D eigenvalue weighted by Crippen LogP contribution is -2.04. The van der Waals surface area contributed by atoms with E-state index in [9.17, 15) is 14.7 Å². The molecule has 0 aliphatic carbocycles. The largest absolute Gasteiger partial charge is 0.505 e. The molecular weight excluding hydrogens is 280 g/mol. The molecule has 104 valence electrons. The molecule has 0 radical (unpaired) electrons. The van der Waals surface area contributed by atoms with Crippen molar-refractivity contribution < 1.29 is 24.2 Å². The zero-order valence-electron chi connectivity index (χ0n) is 10.7. The summed E-state index contributed by atoms with van der Waals surface area (Å²) in [7, 11) is 1.24. The summed E-state index contributed by atoms with van der Waals surface area (Å²) >= 11 is 1.06. The quantitative estimate of drug-likeness (QED) is 0.693. The molecule has 0 spiro atoms. The highest BCUT2D eigenvalue weighted by Gasteiger charge is 2.19. The molecular formula is C14H12O5S. The van der Waals surface area contributed by atoms with Crippen molar-refractivity contribution in [2.45, 2.75) is 0 Å². The van der Waals surface area contributed by atoms with Gasteiger partial charge in [-0.3, -0.25) is 0 Å². The first kappa shape index (κ1) is 14.1. The second-order valence-corrected chi connectivity index (χ2v) is 4.92. The second kappa shape index (κ2) is 5.75. The van der Waals surface area contributed by atoms with Crippen LogP contribution in [-0.2, 0) is 9.47 Å². The third kappa shape index (κ3) is 2.50. The molecule has 20 heavy (non-hydrogen) atoms. The number of ether oxygens (including phenoxy) is 2. The van der Waals surface area contributed by atoms with E-state index in [0.29, 0.717) is 15.6 Å². The number of hydrogen-bond donors (Lipinski definition) is 1. The van der Waals surface area contributed by atoms with Gasteiger partial charge in [0.05, 0.1) is 12.7 Å². The summed E-state index contributed by atoms with van der Waals surface area (Å²) in [6, 6.07) is 4.66. The van der Waals surface area contributed by atoms with Crippen LogP contribution < -0.4 is 0 Å². The van der Waals surface area contributed by atoms with Gasteiger partial charge in [0.1, 0.15) is 12.4 Å². The van der Waals surface area contributed by atoms with E-state index < -0.39 is 11.9 Å². The monoisotopic (exact) mass is 292 g/mol. The number of methoxy groups -OCH3 is 1. The molecule has 0 aliphatic heterocycles. The van der Waals surface area contributed by atoms with E-state index in [4.69, 9.17) is 4.74 Å². The van der Waals surface area contributed by atoms with Crippen molar-refractivity contribution in [3.63, 3.8) is 0 Å². The maximum Gasteiger partial charge on any atom is 0.351 e. The van der Waals surface area contributed by atoms with E-state index >= 15 is 0 Å². The zero-order chi connectivity index (χ0) is 14.7. The van der Waals surface area contributed by atoms with Gasteiger partial charge < -0.3 is 14.6 Å². The summed E-state index contributed by atoms with van der Waals surface area (Å²) in [5.41, 5.74) is 0.344. The molecule has 1 aromatic heterocycles. The third-order valence-corrected chi connectivity index (χ3v) is 3.72. The van der Waals surface area contributed by atoms with E-state index in [1.165, 1.54) is 19.3 Å². The van der Waals surface area contributed by atoms with Crippen LogP contribution in [0.3, 0.4) is 0 Å². The van der Waals surface area contributed by atoms with Crippen molar-refractivity contribution in [2.24, 2.45) is 0 Å². The van der Waals surface area contributed by atoms with Crippen molar-refractivity contribution in [1.29, 1.82) is 0 Å². The first-order chi connectivity index (χ1) is 9.58. The minimum absolute atomic E-state index is 0.110. The Morgan fingerprint density at radius 1 is 1.40 bits per heavy atom. The number of aromatic hydroxyl groups is 1. The Balaban J connectivity index is 2.42. The minimum Gasteiger partial charge on any atom is -0.505 e. The molecule has 6 heteroatoms. The Labute approximate surface area is 119 Å². The van der Waals surface area contributed by atoms with Gasteiger partial charge in [-0.05, 0) is 18.2 Å². The fourth-order valence-electron chi connectivity index (χ4n) is 1.66. The molecule has 0 amide bonds. The van der Waals surface area contributed by atoms with Gasteiger partial charge in [0.2, 0.25) is 0 Å². The summed E-state index contributed by atoms with van der Waals surface area (Å²) in [6.45, 7) is 3.59. The molecule has 0 aliphatic rings. The fourth-order valence-corrected chi connectivity index (χ4v) is 2.71. The molecule has 1 heterocycles. The maximum atomic E-state index is 11.7. The standard InChI is InChI=1S/C14H12O5S/c1-3-6-19-13(16)8-4-5-9-10(7-8)20-12(11(9)15)14(17)18-2/h3-5,7,15H,1,6H2,2H3. The van der Waals surface area contributed by atoms with Crippen LogP contribution in [0.5, 0.6) is 5.75 Å². The average Bonchev–Trinajstić information content (AvgIpc) is 2.80. The smallest absolute Gasteiger partial charge is 0.351 e. The summed E-state index contributed by atoms with van der Waals surface area (Å²) in [4.78, 5) is 23.3. The van der Waals surface area contributed by atoms with Crippen LogP contribution >= 0.6 is 11.3 Å². The summed E-state index contributed by atoms with van der Waals surface area (Å²) in [6.07, 6.45) is 1.47. The highest BCUT2D eigenvalue weighted by Crippen LogP contribution is 2.37. The number of carbonyl (C=O) groups excluding carboxylic acids is 2. The fraction of sp³-hybridized carbons (Fsp3) is 0.143. The molecule has 0 unspecified atom stereocenters. The van der Waals surface area contributed by atoms with Crippen LogP contribution in [0.4, 0.5) is 0 Å². The molecule has 0 saturated heterocycles. The molecule has 2 rings (SSSR count). The first-order valence-electron chi connectivity index (χ1n) is 5.70. The Bertz CT molecular complexity index is 686. The Morgan fingerprint density at radius 2 is 2.15 bits per heavy atom. The highest BCUT2D eigenvalue weighted by molar-refractivity contribution is 7.21. The van der Waals surface area contributed by atoms with Gasteiger partial charge in [-0.1, -0.05) is 12.7 Å². The minimum atomic E-state index is -0.612. The van der Waals surface area contributed by atoms with Crippen molar-refractivity contribution in [3.8, 4) is 5.75 Å². The van der Waals surface area contributed by atoms with Crippen molar-refractivity contribution in [3.05, 3.63) is 41.3 Å². The lowest BCUT2D eigenvalue weighted by molar-refractivity contribution is 0.0548. The van der Waals surface area contributed by atoms with Crippen LogP contribution in [0.25, 0.3) is 10.1 Å². The van der Waals surface area contributed by atoms with Gasteiger partial charge >= 0.3 is 11.9 Å². The van der Waals surface area contributed by atoms with E-state index in [1.54, 1.807) is 12.1 Å². The average molecular weight is 292 g/mol. The number of carbonyl (C=O) groups is 2. The van der Waals surface area contributed by atoms with E-state index in [-0.39, 0.29) is 17.2 Å². The third-order valence-electron chi connectivity index (χ3n) is 2.60. The number of rotatable bonds is 4. The predicted octanol–water partition coefficient (Wildman–Crippen LogP) is 2.74. The summed E-state index contributed by atoms with van der Waals surface area (Å²) in [5.74, 6) is -1.23. The van der Waals surface area contributed by atoms with Crippen LogP contribution in [0.15, 0.2) is 30.9 Å². The van der Waals surface area contributed by atoms with Crippen LogP contribution in [0.1, 0.15) is 20.0 Å². The van der Waals surface area contributed by atoms with Gasteiger partial charge in [0, 0.05) is 10.1 Å². The molecule has 0 saturated carbocycles. The van der Waals surface area contributed by atoms with E-state index in [2.05, 4.69) is 11.3 Å². The highest BCUT2D eigenvalue weighted by atomic mass is 32.1. The number of fused-ring (bicyclic) bond motifs is 1. The SMILES string of the molecule is C=CCOC(=O)c1ccc2c(O)c(C(=O)OC)sc2c1. The van der Waals surface area contributed by atoms with Gasteiger partial charge in [0.15, 0.2) is 4.88 Å². The van der Waals surface area contributed by atoms with Crippen molar-refractivity contribution >= 4 is 33.4 Å². The lowest BCUT2D eigenvalue weighted by atomic mass is 10.1. The number of benzene rings is 1. The van der Waals surface area contributed by atoms with Crippen LogP contribution in [0.2, 0.25) is 0 Å². The molecule has 0 fully saturated rings. The maximum absolute atomic E-state index is 11.7. The lowest BCUT2D eigenvalue weighted by Gasteiger charge is -2.01. The molecule has 2 aromatic rings. The Kier molecular flexibility index (Phi) is 4.05. The molecule has 1 N–H and O–H groups in total. The number of thiophene rings is 1. The van der Waals surface area contributed by atoms with Crippen LogP contribution in [0, 0.1) is 0 Å². The number of esters is 2. The van der Waals surface area contributed by atoms with Gasteiger partial charge in [-0.2, -0.15) is 0 Å². The normalized spacial score (nSPS) is 10.2. The van der Waals surface area contributed by atoms with E-state index in [0.717, 1.165) is 11.3 Å². The van der Waals surface area contributed by atoms with Crippen LogP contribution in [-0.4, -0.2) is 30.8 Å². The Hall–Kier alpha value is -2.34. The van der Waals surface area contributed by atoms with Crippen molar-refractivity contribution in [2.75, 3.05) is 13.7 Å². The zero-order valence-corrected chi connectivity index (χ0v) is 11.5. The molecule has 0 bridgehead atoms. The van der Waals surface area contributed by atoms with Gasteiger partial charge in [-0.15, -0.1) is 11.3 Å². The van der Waals surface area contributed by atoms with E-state index in [1.807, 2.05) is 0 Å². The van der Waals surface area contributed by atoms with Crippen molar-refractivity contribution in [1.82, 2.24) is 0 Å². The van der Waals surface area contributed by atoms with Gasteiger partial charge in [-0.25, -0.2) is 9.59 Å². The summed E-state index contributed by atoms with van der Waals surface area (Å²) in [5, 5.41) is 10.4. The predicted molar refractivity (Wildman–Crippen MR) is 75.3 cm³/mol. The Morgan fingerprint density at radius 3 is 2.80 bits per heavy atom. The number of hydrogen-bond acceptors (Lipinski definition) is 6. The first-order valence-corrected chi connectivity index (χ1v) is 6.52. The molecule has 5 nitrogen and oxygen atoms in total. The van der Waals surface area contributed by atoms with Gasteiger partial charge in [0.25, 0.3) is 0 Å². The molecule has 1 aromatic carbocycles. The second-order valence-electron chi connectivity index (χ2n) is 3.87. The topological polar surface area (TPSA) is 72.8 Å². The summed E-state index contributed by atoms with van der Waals surface area (Å²) < 4.78 is 10.1. The molecule has 0 atom stereocenters.